The molecule has 4 atom stereocenters. The lowest BCUT2D eigenvalue weighted by Crippen LogP contribution is -2.54. The Labute approximate surface area is 188 Å². The van der Waals surface area contributed by atoms with E-state index in [0.29, 0.717) is 0 Å². The summed E-state index contributed by atoms with van der Waals surface area (Å²) < 4.78 is 0. The van der Waals surface area contributed by atoms with Crippen molar-refractivity contribution in [3.8, 4) is 0 Å². The van der Waals surface area contributed by atoms with Crippen molar-refractivity contribution in [1.29, 1.82) is 0 Å². The number of Topliss-reactive ketones (excluding diaryl/α,β-unsaturated/α-hetero) is 1. The molecule has 2 saturated heterocycles. The van der Waals surface area contributed by atoms with Gasteiger partial charge in [0.05, 0.1) is 11.6 Å². The SMILES string of the molecule is CC(=O)[C@@H]1[C@@H](c2ccccc2)[C@@H]2CCCN2[C@@]12C(=O)N(c1ccccc1)c1ccccc12. The number of amides is 1. The van der Waals surface area contributed by atoms with Crippen LogP contribution in [0.2, 0.25) is 0 Å². The van der Waals surface area contributed by atoms with E-state index in [1.54, 1.807) is 6.92 Å². The zero-order valence-electron chi connectivity index (χ0n) is 18.1. The lowest BCUT2D eigenvalue weighted by atomic mass is 9.70. The maximum Gasteiger partial charge on any atom is 0.257 e. The van der Waals surface area contributed by atoms with Gasteiger partial charge in [-0.05, 0) is 50.1 Å². The summed E-state index contributed by atoms with van der Waals surface area (Å²) in [4.78, 5) is 32.2. The second kappa shape index (κ2) is 7.14. The molecule has 0 aromatic heterocycles. The number of rotatable bonds is 3. The quantitative estimate of drug-likeness (QED) is 0.595. The Balaban J connectivity index is 1.62. The lowest BCUT2D eigenvalue weighted by molar-refractivity contribution is -0.136. The van der Waals surface area contributed by atoms with Gasteiger partial charge in [-0.3, -0.25) is 19.4 Å². The fourth-order valence-electron chi connectivity index (χ4n) is 6.70. The topological polar surface area (TPSA) is 40.6 Å². The number of nitrogens with zero attached hydrogens (tertiary/aromatic N) is 2. The number of ketones is 1. The predicted molar refractivity (Wildman–Crippen MR) is 125 cm³/mol. The number of carbonyl (C=O) groups excluding carboxylic acids is 2. The molecule has 2 fully saturated rings. The van der Waals surface area contributed by atoms with E-state index in [9.17, 15) is 9.59 Å². The first-order valence-corrected chi connectivity index (χ1v) is 11.5. The van der Waals surface area contributed by atoms with E-state index in [1.807, 2.05) is 71.6 Å². The molecule has 0 saturated carbocycles. The second-order valence-corrected chi connectivity index (χ2v) is 9.19. The number of fused-ring (bicyclic) bond motifs is 4. The van der Waals surface area contributed by atoms with Gasteiger partial charge in [0.25, 0.3) is 5.91 Å². The molecule has 3 aliphatic heterocycles. The number of hydrogen-bond donors (Lipinski definition) is 0. The van der Waals surface area contributed by atoms with Crippen molar-refractivity contribution in [1.82, 2.24) is 4.90 Å². The van der Waals surface area contributed by atoms with E-state index in [2.05, 4.69) is 23.1 Å². The van der Waals surface area contributed by atoms with Crippen molar-refractivity contribution in [3.05, 3.63) is 96.1 Å². The van der Waals surface area contributed by atoms with Gasteiger partial charge in [-0.25, -0.2) is 0 Å². The second-order valence-electron chi connectivity index (χ2n) is 9.19. The third-order valence-corrected chi connectivity index (χ3v) is 7.70. The number of benzene rings is 3. The highest BCUT2D eigenvalue weighted by Gasteiger charge is 2.70. The standard InChI is InChI=1S/C28H26N2O2/c1-19(31)26-25(20-11-4-2-5-12-20)24-17-10-18-29(24)28(26)22-15-8-9-16-23(22)30(27(28)32)21-13-6-3-7-14-21/h2-9,11-16,24-26H,10,17-18H2,1H3/t24-,25-,26+,28+/m0/s1. The first-order valence-electron chi connectivity index (χ1n) is 11.5. The number of hydrogen-bond acceptors (Lipinski definition) is 3. The highest BCUT2D eigenvalue weighted by Crippen LogP contribution is 2.62. The predicted octanol–water partition coefficient (Wildman–Crippen LogP) is 5.03. The molecule has 32 heavy (non-hydrogen) atoms. The van der Waals surface area contributed by atoms with Crippen LogP contribution in [-0.4, -0.2) is 29.2 Å². The molecule has 1 spiro atoms. The van der Waals surface area contributed by atoms with Crippen LogP contribution in [0, 0.1) is 5.92 Å². The minimum absolute atomic E-state index is 0.00364. The monoisotopic (exact) mass is 422 g/mol. The lowest BCUT2D eigenvalue weighted by Gasteiger charge is -2.37. The largest absolute Gasteiger partial charge is 0.300 e. The molecule has 160 valence electrons. The minimum atomic E-state index is -0.958. The zero-order chi connectivity index (χ0) is 21.9. The maximum atomic E-state index is 14.6. The van der Waals surface area contributed by atoms with E-state index < -0.39 is 11.5 Å². The van der Waals surface area contributed by atoms with E-state index in [0.717, 1.165) is 41.9 Å². The smallest absolute Gasteiger partial charge is 0.257 e. The van der Waals surface area contributed by atoms with Crippen LogP contribution in [0.5, 0.6) is 0 Å². The molecule has 3 aliphatic rings. The van der Waals surface area contributed by atoms with Crippen LogP contribution in [0.3, 0.4) is 0 Å². The molecule has 3 aromatic rings. The molecular formula is C28H26N2O2. The third kappa shape index (κ3) is 2.41. The first kappa shape index (κ1) is 19.4. The van der Waals surface area contributed by atoms with E-state index in [-0.39, 0.29) is 23.7 Å². The van der Waals surface area contributed by atoms with Crippen LogP contribution in [0.15, 0.2) is 84.9 Å². The number of anilines is 2. The van der Waals surface area contributed by atoms with E-state index >= 15 is 0 Å². The Morgan fingerprint density at radius 1 is 0.906 bits per heavy atom. The fourth-order valence-corrected chi connectivity index (χ4v) is 6.70. The van der Waals surface area contributed by atoms with Crippen LogP contribution >= 0.6 is 0 Å². The Kier molecular flexibility index (Phi) is 4.34. The average Bonchev–Trinajstić information content (AvgIpc) is 3.47. The molecule has 0 radical (unpaired) electrons. The highest BCUT2D eigenvalue weighted by molar-refractivity contribution is 6.15. The Morgan fingerprint density at radius 2 is 1.56 bits per heavy atom. The van der Waals surface area contributed by atoms with Gasteiger partial charge in [0.15, 0.2) is 0 Å². The van der Waals surface area contributed by atoms with Gasteiger partial charge in [0.1, 0.15) is 11.3 Å². The minimum Gasteiger partial charge on any atom is -0.300 e. The van der Waals surface area contributed by atoms with Crippen LogP contribution in [0.1, 0.15) is 36.8 Å². The van der Waals surface area contributed by atoms with Crippen molar-refractivity contribution >= 4 is 23.1 Å². The first-order chi connectivity index (χ1) is 15.7. The molecule has 4 nitrogen and oxygen atoms in total. The van der Waals surface area contributed by atoms with Gasteiger partial charge in [0.2, 0.25) is 0 Å². The Bertz CT molecular complexity index is 1190. The molecule has 0 bridgehead atoms. The summed E-state index contributed by atoms with van der Waals surface area (Å²) in [7, 11) is 0. The van der Waals surface area contributed by atoms with Crippen molar-refractivity contribution < 1.29 is 9.59 Å². The van der Waals surface area contributed by atoms with Crippen LogP contribution in [0.4, 0.5) is 11.4 Å². The molecule has 0 aliphatic carbocycles. The molecule has 0 unspecified atom stereocenters. The molecular weight excluding hydrogens is 396 g/mol. The highest BCUT2D eigenvalue weighted by atomic mass is 16.2. The van der Waals surface area contributed by atoms with Gasteiger partial charge in [0, 0.05) is 23.2 Å². The van der Waals surface area contributed by atoms with E-state index in [4.69, 9.17) is 0 Å². The normalized spacial score (nSPS) is 28.8. The van der Waals surface area contributed by atoms with Gasteiger partial charge >= 0.3 is 0 Å². The summed E-state index contributed by atoms with van der Waals surface area (Å²) in [6, 6.07) is 28.4. The average molecular weight is 423 g/mol. The summed E-state index contributed by atoms with van der Waals surface area (Å²) in [5.41, 5.74) is 2.92. The molecule has 3 heterocycles. The summed E-state index contributed by atoms with van der Waals surface area (Å²) in [6.45, 7) is 2.51. The zero-order valence-corrected chi connectivity index (χ0v) is 18.1. The molecule has 1 amide bonds. The third-order valence-electron chi connectivity index (χ3n) is 7.70. The van der Waals surface area contributed by atoms with Gasteiger partial charge in [-0.15, -0.1) is 0 Å². The van der Waals surface area contributed by atoms with Gasteiger partial charge < -0.3 is 0 Å². The molecule has 4 heteroatoms. The molecule has 3 aromatic carbocycles. The molecule has 6 rings (SSSR count). The molecule has 0 N–H and O–H groups in total. The maximum absolute atomic E-state index is 14.6. The Morgan fingerprint density at radius 3 is 2.28 bits per heavy atom. The van der Waals surface area contributed by atoms with Crippen molar-refractivity contribution in [2.75, 3.05) is 11.4 Å². The van der Waals surface area contributed by atoms with E-state index in [1.165, 1.54) is 0 Å². The van der Waals surface area contributed by atoms with Crippen LogP contribution < -0.4 is 4.90 Å². The summed E-state index contributed by atoms with van der Waals surface area (Å²) >= 11 is 0. The fraction of sp³-hybridized carbons (Fsp3) is 0.286. The summed E-state index contributed by atoms with van der Waals surface area (Å²) in [5.74, 6) is -0.316. The van der Waals surface area contributed by atoms with Crippen molar-refractivity contribution in [2.45, 2.75) is 37.3 Å². The number of para-hydroxylation sites is 2. The summed E-state index contributed by atoms with van der Waals surface area (Å²) in [5, 5.41) is 0. The summed E-state index contributed by atoms with van der Waals surface area (Å²) in [6.07, 6.45) is 2.05. The number of carbonyl (C=O) groups is 2. The Hall–Kier alpha value is -3.24. The van der Waals surface area contributed by atoms with Crippen LogP contribution in [0.25, 0.3) is 0 Å². The van der Waals surface area contributed by atoms with Gasteiger partial charge in [-0.1, -0.05) is 66.7 Å². The van der Waals surface area contributed by atoms with Gasteiger partial charge in [-0.2, -0.15) is 0 Å². The van der Waals surface area contributed by atoms with Crippen LogP contribution in [-0.2, 0) is 15.1 Å². The van der Waals surface area contributed by atoms with Crippen molar-refractivity contribution in [3.63, 3.8) is 0 Å². The van der Waals surface area contributed by atoms with Crippen molar-refractivity contribution in [2.24, 2.45) is 5.92 Å².